The van der Waals surface area contributed by atoms with Crippen molar-refractivity contribution in [3.05, 3.63) is 64.1 Å². The van der Waals surface area contributed by atoms with Gasteiger partial charge in [-0.3, -0.25) is 14.5 Å². The fraction of sp³-hybridized carbons (Fsp3) is 0.143. The van der Waals surface area contributed by atoms with Gasteiger partial charge >= 0.3 is 5.97 Å². The normalized spacial score (nSPS) is 14.7. The van der Waals surface area contributed by atoms with Crippen LogP contribution in [-0.4, -0.2) is 40.8 Å². The quantitative estimate of drug-likeness (QED) is 0.673. The molecule has 0 atom stereocenters. The molecule has 8 nitrogen and oxygen atoms in total. The van der Waals surface area contributed by atoms with Gasteiger partial charge in [0.1, 0.15) is 0 Å². The van der Waals surface area contributed by atoms with E-state index in [1.807, 2.05) is 6.07 Å². The summed E-state index contributed by atoms with van der Waals surface area (Å²) in [6.45, 7) is -0.611. The van der Waals surface area contributed by atoms with E-state index in [1.54, 1.807) is 42.5 Å². The molecule has 1 heterocycles. The second kappa shape index (κ2) is 9.15. The van der Waals surface area contributed by atoms with Crippen LogP contribution in [0.25, 0.3) is 6.08 Å². The zero-order valence-electron chi connectivity index (χ0n) is 15.8. The average molecular weight is 424 g/mol. The number of nitriles is 1. The molecule has 30 heavy (non-hydrogen) atoms. The number of ether oxygens (including phenoxy) is 2. The third-order valence-electron chi connectivity index (χ3n) is 4.20. The second-order valence-corrected chi connectivity index (χ2v) is 7.09. The number of para-hydroxylation sites is 1. The molecule has 0 radical (unpaired) electrons. The van der Waals surface area contributed by atoms with Crippen molar-refractivity contribution in [3.63, 3.8) is 0 Å². The second-order valence-electron chi connectivity index (χ2n) is 6.10. The number of hydrogen-bond donors (Lipinski definition) is 1. The Balaban J connectivity index is 1.90. The molecule has 0 aromatic heterocycles. The highest BCUT2D eigenvalue weighted by Gasteiger charge is 2.35. The van der Waals surface area contributed by atoms with E-state index in [0.29, 0.717) is 22.4 Å². The van der Waals surface area contributed by atoms with Crippen LogP contribution >= 0.6 is 11.8 Å². The zero-order chi connectivity index (χ0) is 21.7. The molecule has 1 N–H and O–H groups in total. The van der Waals surface area contributed by atoms with Gasteiger partial charge in [0.2, 0.25) is 0 Å². The molecule has 2 aromatic carbocycles. The molecule has 2 amide bonds. The molecule has 0 saturated carbocycles. The summed E-state index contributed by atoms with van der Waals surface area (Å²) in [5.74, 6) is -1.22. The van der Waals surface area contributed by atoms with Gasteiger partial charge in [-0.2, -0.15) is 5.26 Å². The lowest BCUT2D eigenvalue weighted by Crippen LogP contribution is -2.27. The van der Waals surface area contributed by atoms with Crippen LogP contribution in [0.2, 0.25) is 0 Å². The van der Waals surface area contributed by atoms with Crippen LogP contribution in [0.4, 0.5) is 4.79 Å². The Labute approximate surface area is 176 Å². The van der Waals surface area contributed by atoms with Gasteiger partial charge in [0, 0.05) is 5.56 Å². The highest BCUT2D eigenvalue weighted by molar-refractivity contribution is 8.18. The van der Waals surface area contributed by atoms with Gasteiger partial charge in [-0.1, -0.05) is 30.3 Å². The maximum atomic E-state index is 12.8. The first-order valence-corrected chi connectivity index (χ1v) is 9.51. The van der Waals surface area contributed by atoms with Crippen LogP contribution in [0.3, 0.4) is 0 Å². The van der Waals surface area contributed by atoms with E-state index < -0.39 is 23.7 Å². The smallest absolute Gasteiger partial charge is 0.341 e. The molecule has 9 heteroatoms. The number of hydrogen-bond acceptors (Lipinski definition) is 7. The van der Waals surface area contributed by atoms with Crippen molar-refractivity contribution in [3.8, 4) is 17.6 Å². The summed E-state index contributed by atoms with van der Waals surface area (Å²) in [6, 6.07) is 13.7. The predicted octanol–water partition coefficient (Wildman–Crippen LogP) is 3.27. The Morgan fingerprint density at radius 1 is 1.23 bits per heavy atom. The largest absolute Gasteiger partial charge is 0.493 e. The lowest BCUT2D eigenvalue weighted by atomic mass is 10.1. The summed E-state index contributed by atoms with van der Waals surface area (Å²) >= 11 is 0.759. The minimum absolute atomic E-state index is 0.0216. The number of carboxylic acids is 1. The summed E-state index contributed by atoms with van der Waals surface area (Å²) in [7, 11) is 1.41. The van der Waals surface area contributed by atoms with Crippen LogP contribution in [0.1, 0.15) is 16.7 Å². The molecule has 1 aliphatic heterocycles. The van der Waals surface area contributed by atoms with Crippen molar-refractivity contribution < 1.29 is 29.0 Å². The SMILES string of the molecule is COc1cccc(/C=C2/SC(=O)N(Cc3ccccc3C#N)C2=O)c1OCC(=O)O. The van der Waals surface area contributed by atoms with E-state index in [1.165, 1.54) is 13.2 Å². The van der Waals surface area contributed by atoms with Crippen LogP contribution < -0.4 is 9.47 Å². The number of methoxy groups -OCH3 is 1. The Morgan fingerprint density at radius 3 is 2.70 bits per heavy atom. The van der Waals surface area contributed by atoms with E-state index in [9.17, 15) is 19.6 Å². The number of thioether (sulfide) groups is 1. The Kier molecular flexibility index (Phi) is 6.39. The molecule has 0 unspecified atom stereocenters. The number of aliphatic carboxylic acids is 1. The van der Waals surface area contributed by atoms with Gasteiger partial charge in [0.05, 0.1) is 30.2 Å². The fourth-order valence-corrected chi connectivity index (χ4v) is 3.64. The Morgan fingerprint density at radius 2 is 2.00 bits per heavy atom. The number of amides is 2. The van der Waals surface area contributed by atoms with Crippen LogP contribution in [0, 0.1) is 11.3 Å². The first-order valence-electron chi connectivity index (χ1n) is 8.69. The van der Waals surface area contributed by atoms with Crippen molar-refractivity contribution in [2.45, 2.75) is 6.54 Å². The summed E-state index contributed by atoms with van der Waals surface area (Å²) in [6.07, 6.45) is 1.46. The molecular weight excluding hydrogens is 408 g/mol. The monoisotopic (exact) mass is 424 g/mol. The number of benzene rings is 2. The molecule has 0 aliphatic carbocycles. The van der Waals surface area contributed by atoms with Crippen molar-refractivity contribution in [1.29, 1.82) is 5.26 Å². The summed E-state index contributed by atoms with van der Waals surface area (Å²) < 4.78 is 10.5. The van der Waals surface area contributed by atoms with Gasteiger partial charge < -0.3 is 14.6 Å². The molecule has 1 aliphatic rings. The van der Waals surface area contributed by atoms with Gasteiger partial charge in [0.25, 0.3) is 11.1 Å². The van der Waals surface area contributed by atoms with Gasteiger partial charge in [-0.05, 0) is 35.5 Å². The first-order chi connectivity index (χ1) is 14.4. The Hall–Kier alpha value is -3.77. The zero-order valence-corrected chi connectivity index (χ0v) is 16.6. The van der Waals surface area contributed by atoms with E-state index >= 15 is 0 Å². The molecule has 1 saturated heterocycles. The standard InChI is InChI=1S/C21H16N2O6S/c1-28-16-8-4-7-13(19(16)29-12-18(24)25)9-17-20(26)23(21(27)30-17)11-15-6-3-2-5-14(15)10-22/h2-9H,11-12H2,1H3,(H,24,25)/b17-9+. The van der Waals surface area contributed by atoms with Crippen molar-refractivity contribution >= 4 is 35.0 Å². The van der Waals surface area contributed by atoms with Crippen molar-refractivity contribution in [2.75, 3.05) is 13.7 Å². The predicted molar refractivity (Wildman–Crippen MR) is 109 cm³/mol. The maximum Gasteiger partial charge on any atom is 0.341 e. The fourth-order valence-electron chi connectivity index (χ4n) is 2.81. The molecule has 0 bridgehead atoms. The molecule has 2 aromatic rings. The number of carboxylic acid groups (broad SMARTS) is 1. The summed E-state index contributed by atoms with van der Waals surface area (Å²) in [4.78, 5) is 37.3. The minimum atomic E-state index is -1.16. The van der Waals surface area contributed by atoms with Crippen molar-refractivity contribution in [1.82, 2.24) is 4.90 Å². The lowest BCUT2D eigenvalue weighted by Gasteiger charge is -2.14. The van der Waals surface area contributed by atoms with Crippen LogP contribution in [0.15, 0.2) is 47.4 Å². The number of imide groups is 1. The average Bonchev–Trinajstić information content (AvgIpc) is 3.00. The topological polar surface area (TPSA) is 117 Å². The summed E-state index contributed by atoms with van der Waals surface area (Å²) in [5.41, 5.74) is 1.35. The number of rotatable bonds is 7. The van der Waals surface area contributed by atoms with E-state index in [4.69, 9.17) is 14.6 Å². The van der Waals surface area contributed by atoms with Gasteiger partial charge in [-0.15, -0.1) is 0 Å². The summed E-state index contributed by atoms with van der Waals surface area (Å²) in [5, 5.41) is 17.6. The highest BCUT2D eigenvalue weighted by Crippen LogP contribution is 2.38. The molecule has 1 fully saturated rings. The highest BCUT2D eigenvalue weighted by atomic mass is 32.2. The van der Waals surface area contributed by atoms with Gasteiger partial charge in [0.15, 0.2) is 18.1 Å². The van der Waals surface area contributed by atoms with Crippen molar-refractivity contribution in [2.24, 2.45) is 0 Å². The van der Waals surface area contributed by atoms with E-state index in [0.717, 1.165) is 16.7 Å². The van der Waals surface area contributed by atoms with Crippen LogP contribution in [0.5, 0.6) is 11.5 Å². The molecule has 152 valence electrons. The maximum absolute atomic E-state index is 12.8. The molecule has 0 spiro atoms. The molecule has 3 rings (SSSR count). The number of nitrogens with zero attached hydrogens (tertiary/aromatic N) is 2. The number of carbonyl (C=O) groups is 3. The first kappa shape index (κ1) is 21.0. The van der Waals surface area contributed by atoms with E-state index in [-0.39, 0.29) is 17.2 Å². The third-order valence-corrected chi connectivity index (χ3v) is 5.10. The van der Waals surface area contributed by atoms with Gasteiger partial charge in [-0.25, -0.2) is 4.79 Å². The lowest BCUT2D eigenvalue weighted by molar-refractivity contribution is -0.139. The molecular formula is C21H16N2O6S. The Bertz CT molecular complexity index is 1090. The van der Waals surface area contributed by atoms with Crippen LogP contribution in [-0.2, 0) is 16.1 Å². The van der Waals surface area contributed by atoms with E-state index in [2.05, 4.69) is 0 Å². The number of carbonyl (C=O) groups excluding carboxylic acids is 2. The minimum Gasteiger partial charge on any atom is -0.493 e. The third kappa shape index (κ3) is 4.45.